The van der Waals surface area contributed by atoms with Gasteiger partial charge in [-0.2, -0.15) is 0 Å². The van der Waals surface area contributed by atoms with Gasteiger partial charge in [0.15, 0.2) is 11.5 Å². The van der Waals surface area contributed by atoms with Crippen molar-refractivity contribution in [2.24, 2.45) is 0 Å². The molecule has 2 rings (SSSR count). The van der Waals surface area contributed by atoms with Crippen LogP contribution >= 0.6 is 15.9 Å². The average Bonchev–Trinajstić information content (AvgIpc) is 2.55. The number of halogens is 1. The lowest BCUT2D eigenvalue weighted by Crippen LogP contribution is -2.12. The van der Waals surface area contributed by atoms with E-state index in [2.05, 4.69) is 21.2 Å². The van der Waals surface area contributed by atoms with Gasteiger partial charge in [-0.3, -0.25) is 4.79 Å². The van der Waals surface area contributed by atoms with Crippen LogP contribution in [0.25, 0.3) is 0 Å². The van der Waals surface area contributed by atoms with Gasteiger partial charge in [-0.1, -0.05) is 28.1 Å². The number of carbonyl (C=O) groups is 1. The third kappa shape index (κ3) is 5.57. The van der Waals surface area contributed by atoms with Crippen LogP contribution in [0.5, 0.6) is 11.5 Å². The van der Waals surface area contributed by atoms with E-state index in [-0.39, 0.29) is 5.91 Å². The van der Waals surface area contributed by atoms with Gasteiger partial charge in [0.1, 0.15) is 0 Å². The third-order valence-electron chi connectivity index (χ3n) is 3.36. The van der Waals surface area contributed by atoms with Crippen molar-refractivity contribution < 1.29 is 14.3 Å². The Morgan fingerprint density at radius 1 is 1.04 bits per heavy atom. The molecule has 2 aromatic rings. The van der Waals surface area contributed by atoms with E-state index < -0.39 is 0 Å². The molecule has 0 aliphatic carbocycles. The zero-order valence-corrected chi connectivity index (χ0v) is 15.6. The molecule has 24 heavy (non-hydrogen) atoms. The molecular formula is C19H22BrNO3. The van der Waals surface area contributed by atoms with Gasteiger partial charge in [0.05, 0.1) is 13.2 Å². The third-order valence-corrected chi connectivity index (χ3v) is 3.85. The Kier molecular flexibility index (Phi) is 7.12. The molecule has 0 bridgehead atoms. The molecule has 1 N–H and O–H groups in total. The number of ether oxygens (including phenoxy) is 2. The molecule has 0 saturated heterocycles. The average molecular weight is 392 g/mol. The molecule has 4 nitrogen and oxygen atoms in total. The van der Waals surface area contributed by atoms with E-state index in [0.29, 0.717) is 26.1 Å². The molecule has 0 aliphatic heterocycles. The maximum atomic E-state index is 12.1. The first kappa shape index (κ1) is 18.3. The van der Waals surface area contributed by atoms with Crippen LogP contribution in [0.15, 0.2) is 46.9 Å². The van der Waals surface area contributed by atoms with Crippen molar-refractivity contribution in [1.29, 1.82) is 0 Å². The minimum atomic E-state index is -0.0139. The molecule has 0 aliphatic rings. The minimum Gasteiger partial charge on any atom is -0.490 e. The van der Waals surface area contributed by atoms with Crippen LogP contribution in [0.1, 0.15) is 25.8 Å². The Balaban J connectivity index is 1.95. The van der Waals surface area contributed by atoms with E-state index >= 15 is 0 Å². The number of hydrogen-bond donors (Lipinski definition) is 1. The fraction of sp³-hybridized carbons (Fsp3) is 0.316. The van der Waals surface area contributed by atoms with Crippen LogP contribution in [0.4, 0.5) is 5.69 Å². The molecule has 0 spiro atoms. The first-order chi connectivity index (χ1) is 11.6. The highest BCUT2D eigenvalue weighted by molar-refractivity contribution is 9.10. The summed E-state index contributed by atoms with van der Waals surface area (Å²) >= 11 is 3.39. The van der Waals surface area contributed by atoms with Crippen molar-refractivity contribution in [3.63, 3.8) is 0 Å². The largest absolute Gasteiger partial charge is 0.490 e. The van der Waals surface area contributed by atoms with Gasteiger partial charge in [0, 0.05) is 16.6 Å². The molecular weight excluding hydrogens is 370 g/mol. The molecule has 0 radical (unpaired) electrons. The molecule has 128 valence electrons. The summed E-state index contributed by atoms with van der Waals surface area (Å²) in [5.74, 6) is 1.45. The van der Waals surface area contributed by atoms with Gasteiger partial charge in [-0.05, 0) is 56.2 Å². The summed E-state index contributed by atoms with van der Waals surface area (Å²) in [7, 11) is 0. The van der Waals surface area contributed by atoms with Crippen LogP contribution < -0.4 is 14.8 Å². The summed E-state index contributed by atoms with van der Waals surface area (Å²) in [5.41, 5.74) is 1.84. The Morgan fingerprint density at radius 2 is 1.79 bits per heavy atom. The molecule has 1 amide bonds. The number of anilines is 1. The zero-order valence-electron chi connectivity index (χ0n) is 14.0. The number of rotatable bonds is 8. The smallest absolute Gasteiger partial charge is 0.224 e. The van der Waals surface area contributed by atoms with E-state index in [0.717, 1.165) is 27.2 Å². The number of amides is 1. The van der Waals surface area contributed by atoms with Crippen LogP contribution in [0.3, 0.4) is 0 Å². The van der Waals surface area contributed by atoms with Gasteiger partial charge in [0.2, 0.25) is 5.91 Å². The first-order valence-electron chi connectivity index (χ1n) is 8.06. The van der Waals surface area contributed by atoms with E-state index in [1.165, 1.54) is 0 Å². The fourth-order valence-electron chi connectivity index (χ4n) is 2.30. The number of aryl methyl sites for hydroxylation is 1. The molecule has 0 saturated carbocycles. The highest BCUT2D eigenvalue weighted by Gasteiger charge is 2.08. The van der Waals surface area contributed by atoms with Crippen molar-refractivity contribution in [1.82, 2.24) is 0 Å². The topological polar surface area (TPSA) is 47.6 Å². The second kappa shape index (κ2) is 9.33. The van der Waals surface area contributed by atoms with Gasteiger partial charge in [0.25, 0.3) is 0 Å². The quantitative estimate of drug-likeness (QED) is 0.701. The number of nitrogens with one attached hydrogen (secondary N) is 1. The summed E-state index contributed by atoms with van der Waals surface area (Å²) in [4.78, 5) is 12.1. The molecule has 2 aromatic carbocycles. The zero-order chi connectivity index (χ0) is 17.4. The summed E-state index contributed by atoms with van der Waals surface area (Å²) in [6.45, 7) is 5.05. The maximum absolute atomic E-state index is 12.1. The SMILES string of the molecule is CCOc1ccc(CCC(=O)Nc2cccc(Br)c2)cc1OCC. The fourth-order valence-corrected chi connectivity index (χ4v) is 2.70. The second-order valence-corrected chi connectivity index (χ2v) is 6.12. The Hall–Kier alpha value is -2.01. The van der Waals surface area contributed by atoms with E-state index in [9.17, 15) is 4.79 Å². The lowest BCUT2D eigenvalue weighted by molar-refractivity contribution is -0.116. The highest BCUT2D eigenvalue weighted by atomic mass is 79.9. The number of benzene rings is 2. The van der Waals surface area contributed by atoms with E-state index in [1.807, 2.05) is 56.3 Å². The van der Waals surface area contributed by atoms with Crippen molar-refractivity contribution >= 4 is 27.5 Å². The normalized spacial score (nSPS) is 10.3. The summed E-state index contributed by atoms with van der Waals surface area (Å²) in [5, 5.41) is 2.90. The molecule has 0 aromatic heterocycles. The minimum absolute atomic E-state index is 0.0139. The van der Waals surface area contributed by atoms with E-state index in [4.69, 9.17) is 9.47 Å². The lowest BCUT2D eigenvalue weighted by Gasteiger charge is -2.12. The molecule has 0 unspecified atom stereocenters. The van der Waals surface area contributed by atoms with Gasteiger partial charge < -0.3 is 14.8 Å². The first-order valence-corrected chi connectivity index (χ1v) is 8.85. The Bertz CT molecular complexity index is 688. The second-order valence-electron chi connectivity index (χ2n) is 5.21. The molecule has 5 heteroatoms. The van der Waals surface area contributed by atoms with Crippen LogP contribution in [0, 0.1) is 0 Å². The molecule has 0 atom stereocenters. The number of hydrogen-bond acceptors (Lipinski definition) is 3. The standard InChI is InChI=1S/C19H22BrNO3/c1-3-23-17-10-8-14(12-18(17)24-4-2)9-11-19(22)21-16-7-5-6-15(20)13-16/h5-8,10,12-13H,3-4,9,11H2,1-2H3,(H,21,22). The highest BCUT2D eigenvalue weighted by Crippen LogP contribution is 2.29. The lowest BCUT2D eigenvalue weighted by atomic mass is 10.1. The summed E-state index contributed by atoms with van der Waals surface area (Å²) < 4.78 is 12.1. The van der Waals surface area contributed by atoms with Gasteiger partial charge in [-0.25, -0.2) is 0 Å². The van der Waals surface area contributed by atoms with Crippen LogP contribution in [-0.4, -0.2) is 19.1 Å². The summed E-state index contributed by atoms with van der Waals surface area (Å²) in [6, 6.07) is 13.4. The summed E-state index contributed by atoms with van der Waals surface area (Å²) in [6.07, 6.45) is 1.05. The van der Waals surface area contributed by atoms with Crippen molar-refractivity contribution in [2.75, 3.05) is 18.5 Å². The van der Waals surface area contributed by atoms with Crippen molar-refractivity contribution in [2.45, 2.75) is 26.7 Å². The monoisotopic (exact) mass is 391 g/mol. The molecule has 0 fully saturated rings. The maximum Gasteiger partial charge on any atom is 0.224 e. The van der Waals surface area contributed by atoms with Crippen LogP contribution in [-0.2, 0) is 11.2 Å². The van der Waals surface area contributed by atoms with Crippen LogP contribution in [0.2, 0.25) is 0 Å². The van der Waals surface area contributed by atoms with Crippen molar-refractivity contribution in [3.8, 4) is 11.5 Å². The van der Waals surface area contributed by atoms with Gasteiger partial charge in [-0.15, -0.1) is 0 Å². The van der Waals surface area contributed by atoms with Crippen molar-refractivity contribution in [3.05, 3.63) is 52.5 Å². The molecule has 0 heterocycles. The van der Waals surface area contributed by atoms with E-state index in [1.54, 1.807) is 0 Å². The Morgan fingerprint density at radius 3 is 2.50 bits per heavy atom. The number of carbonyl (C=O) groups excluding carboxylic acids is 1. The van der Waals surface area contributed by atoms with Gasteiger partial charge >= 0.3 is 0 Å². The Labute approximate surface area is 151 Å². The predicted molar refractivity (Wildman–Crippen MR) is 99.9 cm³/mol. The predicted octanol–water partition coefficient (Wildman–Crippen LogP) is 4.82.